The smallest absolute Gasteiger partial charge is 0.212 e. The Hall–Kier alpha value is -3.00. The maximum atomic E-state index is 6.02. The number of thiazole rings is 1. The molecule has 0 saturated heterocycles. The van der Waals surface area contributed by atoms with Gasteiger partial charge in [-0.25, -0.2) is 9.97 Å². The number of H-pyrrole nitrogens is 1. The van der Waals surface area contributed by atoms with E-state index in [1.807, 2.05) is 17.1 Å². The summed E-state index contributed by atoms with van der Waals surface area (Å²) in [7, 11) is 0. The van der Waals surface area contributed by atoms with Crippen LogP contribution >= 0.6 is 11.3 Å². The average Bonchev–Trinajstić information content (AvgIpc) is 3.40. The number of hydrogen-bond donors (Lipinski definition) is 1. The maximum Gasteiger partial charge on any atom is 0.212 e. The summed E-state index contributed by atoms with van der Waals surface area (Å²) in [5, 5.41) is 12.1. The van der Waals surface area contributed by atoms with Gasteiger partial charge in [0, 0.05) is 34.5 Å². The van der Waals surface area contributed by atoms with Crippen molar-refractivity contribution in [2.24, 2.45) is 0 Å². The minimum absolute atomic E-state index is 0.282. The van der Waals surface area contributed by atoms with Crippen LogP contribution in [0.4, 0.5) is 0 Å². The molecular formula is C19H18N6OS. The van der Waals surface area contributed by atoms with Crippen LogP contribution in [0.3, 0.4) is 0 Å². The molecule has 136 valence electrons. The van der Waals surface area contributed by atoms with Gasteiger partial charge in [0.2, 0.25) is 5.13 Å². The fourth-order valence-corrected chi connectivity index (χ4v) is 4.30. The molecular weight excluding hydrogens is 360 g/mol. The van der Waals surface area contributed by atoms with Gasteiger partial charge < -0.3 is 4.74 Å². The Balaban J connectivity index is 1.61. The fraction of sp³-hybridized carbons (Fsp3) is 0.263. The van der Waals surface area contributed by atoms with Gasteiger partial charge in [-0.05, 0) is 17.7 Å². The third kappa shape index (κ3) is 2.73. The monoisotopic (exact) mass is 378 g/mol. The molecule has 0 bridgehead atoms. The van der Waals surface area contributed by atoms with Crippen molar-refractivity contribution in [2.75, 3.05) is 6.61 Å². The second kappa shape index (κ2) is 6.31. The molecule has 8 heteroatoms. The van der Waals surface area contributed by atoms with Crippen LogP contribution in [-0.4, -0.2) is 36.6 Å². The maximum absolute atomic E-state index is 6.02. The zero-order valence-corrected chi connectivity index (χ0v) is 15.8. The van der Waals surface area contributed by atoms with Crippen LogP contribution in [0.5, 0.6) is 5.75 Å². The lowest BCUT2D eigenvalue weighted by Crippen LogP contribution is -2.04. The van der Waals surface area contributed by atoms with E-state index in [2.05, 4.69) is 52.3 Å². The Morgan fingerprint density at radius 1 is 1.26 bits per heavy atom. The molecule has 0 aliphatic carbocycles. The molecule has 1 N–H and O–H groups in total. The summed E-state index contributed by atoms with van der Waals surface area (Å²) in [6, 6.07) is 6.22. The summed E-state index contributed by atoms with van der Waals surface area (Å²) in [6.07, 6.45) is 6.11. The summed E-state index contributed by atoms with van der Waals surface area (Å²) in [5.74, 6) is 2.06. The van der Waals surface area contributed by atoms with Crippen molar-refractivity contribution in [3.63, 3.8) is 0 Å². The average molecular weight is 378 g/mol. The van der Waals surface area contributed by atoms with Crippen LogP contribution in [0.1, 0.15) is 30.5 Å². The first-order chi connectivity index (χ1) is 13.2. The number of benzene rings is 1. The standard InChI is InChI=1S/C19H18N6OS/c1-11(2)18-20-10-23-25(18)19-24-17-14-4-3-12(13-8-21-22-9-13)7-15(14)26-6-5-16(17)27-19/h3-4,7-11H,5-6H2,1-2H3,(H,21,22). The molecule has 27 heavy (non-hydrogen) atoms. The zero-order chi connectivity index (χ0) is 18.4. The van der Waals surface area contributed by atoms with Crippen LogP contribution in [-0.2, 0) is 6.42 Å². The minimum atomic E-state index is 0.282. The summed E-state index contributed by atoms with van der Waals surface area (Å²) < 4.78 is 7.87. The lowest BCUT2D eigenvalue weighted by Gasteiger charge is -2.09. The molecule has 1 aromatic carbocycles. The van der Waals surface area contributed by atoms with Crippen LogP contribution < -0.4 is 4.74 Å². The number of aromatic nitrogens is 6. The molecule has 0 atom stereocenters. The number of fused-ring (bicyclic) bond motifs is 3. The Morgan fingerprint density at radius 3 is 3.00 bits per heavy atom. The van der Waals surface area contributed by atoms with Gasteiger partial charge in [-0.15, -0.1) is 0 Å². The number of hydrogen-bond acceptors (Lipinski definition) is 6. The first-order valence-corrected chi connectivity index (χ1v) is 9.68. The van der Waals surface area contributed by atoms with Gasteiger partial charge in [0.1, 0.15) is 17.9 Å². The first-order valence-electron chi connectivity index (χ1n) is 8.87. The highest BCUT2D eigenvalue weighted by molar-refractivity contribution is 7.14. The number of aromatic amines is 1. The molecule has 1 aliphatic heterocycles. The van der Waals surface area contributed by atoms with Crippen molar-refractivity contribution in [1.82, 2.24) is 29.9 Å². The molecule has 7 nitrogen and oxygen atoms in total. The quantitative estimate of drug-likeness (QED) is 0.586. The van der Waals surface area contributed by atoms with Gasteiger partial charge in [-0.2, -0.15) is 14.9 Å². The molecule has 0 fully saturated rings. The van der Waals surface area contributed by atoms with E-state index in [1.54, 1.807) is 17.7 Å². The van der Waals surface area contributed by atoms with Gasteiger partial charge in [0.15, 0.2) is 0 Å². The normalized spacial score (nSPS) is 13.1. The molecule has 1 aliphatic rings. The van der Waals surface area contributed by atoms with E-state index in [0.29, 0.717) is 6.61 Å². The predicted molar refractivity (Wildman–Crippen MR) is 103 cm³/mol. The van der Waals surface area contributed by atoms with Gasteiger partial charge in [0.05, 0.1) is 18.5 Å². The first kappa shape index (κ1) is 16.2. The summed E-state index contributed by atoms with van der Waals surface area (Å²) in [5.41, 5.74) is 4.10. The molecule has 0 radical (unpaired) electrons. The highest BCUT2D eigenvalue weighted by atomic mass is 32.1. The lowest BCUT2D eigenvalue weighted by molar-refractivity contribution is 0.327. The van der Waals surface area contributed by atoms with E-state index in [4.69, 9.17) is 9.72 Å². The molecule has 5 rings (SSSR count). The highest BCUT2D eigenvalue weighted by Crippen LogP contribution is 2.40. The van der Waals surface area contributed by atoms with E-state index in [9.17, 15) is 0 Å². The predicted octanol–water partition coefficient (Wildman–Crippen LogP) is 3.84. The second-order valence-electron chi connectivity index (χ2n) is 6.75. The Kier molecular flexibility index (Phi) is 3.78. The minimum Gasteiger partial charge on any atom is -0.492 e. The number of nitrogens with zero attached hydrogens (tertiary/aromatic N) is 5. The molecule has 3 aromatic heterocycles. The molecule has 0 amide bonds. The van der Waals surface area contributed by atoms with E-state index in [1.165, 1.54) is 4.88 Å². The summed E-state index contributed by atoms with van der Waals surface area (Å²) >= 11 is 1.66. The fourth-order valence-electron chi connectivity index (χ4n) is 3.28. The highest BCUT2D eigenvalue weighted by Gasteiger charge is 2.23. The number of rotatable bonds is 3. The van der Waals surface area contributed by atoms with Gasteiger partial charge in [-0.3, -0.25) is 5.10 Å². The second-order valence-corrected chi connectivity index (χ2v) is 7.81. The zero-order valence-electron chi connectivity index (χ0n) is 15.0. The van der Waals surface area contributed by atoms with Crippen LogP contribution in [0.2, 0.25) is 0 Å². The molecule has 0 unspecified atom stereocenters. The van der Waals surface area contributed by atoms with Gasteiger partial charge in [0.25, 0.3) is 0 Å². The number of nitrogens with one attached hydrogen (secondary N) is 1. The van der Waals surface area contributed by atoms with Gasteiger partial charge in [-0.1, -0.05) is 31.3 Å². The van der Waals surface area contributed by atoms with E-state index in [0.717, 1.165) is 45.5 Å². The van der Waals surface area contributed by atoms with Crippen molar-refractivity contribution in [3.8, 4) is 33.3 Å². The van der Waals surface area contributed by atoms with E-state index < -0.39 is 0 Å². The van der Waals surface area contributed by atoms with Crippen LogP contribution in [0.15, 0.2) is 36.9 Å². The van der Waals surface area contributed by atoms with Crippen LogP contribution in [0, 0.1) is 0 Å². The summed E-state index contributed by atoms with van der Waals surface area (Å²) in [6.45, 7) is 4.85. The van der Waals surface area contributed by atoms with Crippen molar-refractivity contribution >= 4 is 11.3 Å². The van der Waals surface area contributed by atoms with Crippen molar-refractivity contribution < 1.29 is 4.74 Å². The van der Waals surface area contributed by atoms with Crippen molar-refractivity contribution in [3.05, 3.63) is 47.6 Å². The molecule has 0 saturated carbocycles. The molecule has 4 aromatic rings. The number of ether oxygens (including phenoxy) is 1. The summed E-state index contributed by atoms with van der Waals surface area (Å²) in [4.78, 5) is 10.5. The lowest BCUT2D eigenvalue weighted by atomic mass is 10.0. The van der Waals surface area contributed by atoms with E-state index in [-0.39, 0.29) is 5.92 Å². The Morgan fingerprint density at radius 2 is 2.19 bits per heavy atom. The third-order valence-corrected chi connectivity index (χ3v) is 5.70. The van der Waals surface area contributed by atoms with Crippen molar-refractivity contribution in [2.45, 2.75) is 26.2 Å². The molecule has 4 heterocycles. The van der Waals surface area contributed by atoms with E-state index >= 15 is 0 Å². The SMILES string of the molecule is CC(C)c1ncnn1-c1nc2c(s1)CCOc1cc(-c3cn[nH]c3)ccc1-2. The molecule has 0 spiro atoms. The largest absolute Gasteiger partial charge is 0.492 e. The Labute approximate surface area is 160 Å². The topological polar surface area (TPSA) is 81.5 Å². The van der Waals surface area contributed by atoms with Crippen molar-refractivity contribution in [1.29, 1.82) is 0 Å². The third-order valence-electron chi connectivity index (χ3n) is 4.61. The van der Waals surface area contributed by atoms with Crippen LogP contribution in [0.25, 0.3) is 27.5 Å². The van der Waals surface area contributed by atoms with Gasteiger partial charge >= 0.3 is 0 Å². The Bertz CT molecular complexity index is 1100.